The van der Waals surface area contributed by atoms with E-state index in [1.807, 2.05) is 18.2 Å². The maximum atomic E-state index is 12.1. The Morgan fingerprint density at radius 1 is 1.17 bits per heavy atom. The van der Waals surface area contributed by atoms with Crippen LogP contribution in [0.1, 0.15) is 50.0 Å². The summed E-state index contributed by atoms with van der Waals surface area (Å²) in [5, 5.41) is 12.7. The van der Waals surface area contributed by atoms with Gasteiger partial charge in [0.15, 0.2) is 0 Å². The van der Waals surface area contributed by atoms with Crippen LogP contribution in [-0.2, 0) is 10.5 Å². The Kier molecular flexibility index (Phi) is 6.66. The zero-order chi connectivity index (χ0) is 16.6. The van der Waals surface area contributed by atoms with Crippen LogP contribution in [0.25, 0.3) is 0 Å². The van der Waals surface area contributed by atoms with Crippen LogP contribution < -0.4 is 5.32 Å². The molecule has 1 aliphatic rings. The highest BCUT2D eigenvalue weighted by Gasteiger charge is 2.15. The topological polar surface area (TPSA) is 54.9 Å². The largest absolute Gasteiger partial charge is 0.301 e. The molecule has 1 aliphatic carbocycles. The van der Waals surface area contributed by atoms with Crippen molar-refractivity contribution in [2.45, 2.75) is 55.6 Å². The van der Waals surface area contributed by atoms with E-state index >= 15 is 0 Å². The quantitative estimate of drug-likeness (QED) is 0.695. The summed E-state index contributed by atoms with van der Waals surface area (Å²) in [5.74, 6) is 1.58. The minimum atomic E-state index is 0.0685. The first-order valence-electron chi connectivity index (χ1n) is 8.59. The van der Waals surface area contributed by atoms with E-state index in [2.05, 4.69) is 27.6 Å². The Morgan fingerprint density at radius 2 is 1.96 bits per heavy atom. The lowest BCUT2D eigenvalue weighted by Crippen LogP contribution is -2.14. The van der Waals surface area contributed by atoms with E-state index in [0.29, 0.717) is 11.6 Å². The van der Waals surface area contributed by atoms with Crippen LogP contribution >= 0.6 is 23.1 Å². The van der Waals surface area contributed by atoms with Gasteiger partial charge < -0.3 is 5.32 Å². The van der Waals surface area contributed by atoms with Gasteiger partial charge in [0.25, 0.3) is 0 Å². The molecule has 0 aliphatic heterocycles. The van der Waals surface area contributed by atoms with Gasteiger partial charge in [-0.1, -0.05) is 61.6 Å². The van der Waals surface area contributed by atoms with E-state index in [-0.39, 0.29) is 5.91 Å². The molecule has 1 N–H and O–H groups in total. The predicted molar refractivity (Wildman–Crippen MR) is 100 cm³/mol. The molecular formula is C18H23N3OS2. The van der Waals surface area contributed by atoms with Crippen molar-refractivity contribution >= 4 is 34.1 Å². The fourth-order valence-electron chi connectivity index (χ4n) is 3.02. The molecule has 0 spiro atoms. The summed E-state index contributed by atoms with van der Waals surface area (Å²) in [6, 6.07) is 10.2. The number of thioether (sulfide) groups is 1. The molecule has 0 radical (unpaired) electrons. The molecule has 128 valence electrons. The summed E-state index contributed by atoms with van der Waals surface area (Å²) in [6.07, 6.45) is 8.17. The number of aromatic nitrogens is 2. The van der Waals surface area contributed by atoms with Crippen molar-refractivity contribution in [1.82, 2.24) is 10.2 Å². The maximum Gasteiger partial charge on any atom is 0.226 e. The molecule has 2 aromatic rings. The predicted octanol–water partition coefficient (Wildman–Crippen LogP) is 5.13. The molecular weight excluding hydrogens is 338 g/mol. The molecule has 3 rings (SSSR count). The average Bonchev–Trinajstić information content (AvgIpc) is 3.07. The highest BCUT2D eigenvalue weighted by Crippen LogP contribution is 2.28. The van der Waals surface area contributed by atoms with Gasteiger partial charge in [-0.15, -0.1) is 22.0 Å². The third-order valence-corrected chi connectivity index (χ3v) is 6.37. The zero-order valence-electron chi connectivity index (χ0n) is 13.7. The minimum absolute atomic E-state index is 0.0685. The van der Waals surface area contributed by atoms with Gasteiger partial charge in [-0.2, -0.15) is 0 Å². The Bertz CT molecular complexity index is 639. The minimum Gasteiger partial charge on any atom is -0.301 e. The van der Waals surface area contributed by atoms with E-state index in [1.165, 1.54) is 48.3 Å². The average molecular weight is 362 g/mol. The summed E-state index contributed by atoms with van der Waals surface area (Å²) in [6.45, 7) is 0. The number of hydrogen-bond acceptors (Lipinski definition) is 5. The van der Waals surface area contributed by atoms with Crippen LogP contribution in [0.4, 0.5) is 5.13 Å². The number of rotatable bonds is 7. The van der Waals surface area contributed by atoms with Crippen LogP contribution in [-0.4, -0.2) is 16.1 Å². The van der Waals surface area contributed by atoms with Crippen LogP contribution in [0.15, 0.2) is 35.2 Å². The van der Waals surface area contributed by atoms with Crippen molar-refractivity contribution in [3.63, 3.8) is 0 Å². The highest BCUT2D eigenvalue weighted by molar-refractivity contribution is 7.98. The van der Waals surface area contributed by atoms with Gasteiger partial charge in [-0.05, 0) is 24.5 Å². The van der Waals surface area contributed by atoms with E-state index in [1.54, 1.807) is 11.8 Å². The molecule has 1 aromatic heterocycles. The number of benzene rings is 1. The Morgan fingerprint density at radius 3 is 2.75 bits per heavy atom. The molecule has 0 unspecified atom stereocenters. The van der Waals surface area contributed by atoms with Gasteiger partial charge in [0.05, 0.1) is 5.75 Å². The molecule has 0 bridgehead atoms. The molecule has 6 heteroatoms. The number of hydrogen-bond donors (Lipinski definition) is 1. The molecule has 1 fully saturated rings. The number of amides is 1. The summed E-state index contributed by atoms with van der Waals surface area (Å²) in [5.41, 5.74) is 0. The molecule has 24 heavy (non-hydrogen) atoms. The lowest BCUT2D eigenvalue weighted by atomic mass is 9.86. The summed E-state index contributed by atoms with van der Waals surface area (Å²) >= 11 is 3.20. The van der Waals surface area contributed by atoms with Gasteiger partial charge >= 0.3 is 0 Å². The third-order valence-electron chi connectivity index (χ3n) is 4.32. The van der Waals surface area contributed by atoms with E-state index in [4.69, 9.17) is 0 Å². The first-order valence-corrected chi connectivity index (χ1v) is 10.4. The summed E-state index contributed by atoms with van der Waals surface area (Å²) < 4.78 is 0. The SMILES string of the molecule is O=C(CCC1CCCCC1)Nc1nnc(CSc2ccccc2)s1. The monoisotopic (exact) mass is 361 g/mol. The summed E-state index contributed by atoms with van der Waals surface area (Å²) in [7, 11) is 0. The lowest BCUT2D eigenvalue weighted by molar-refractivity contribution is -0.116. The number of nitrogens with one attached hydrogen (secondary N) is 1. The number of carbonyl (C=O) groups is 1. The fraction of sp³-hybridized carbons (Fsp3) is 0.500. The van der Waals surface area contributed by atoms with Crippen LogP contribution in [0.2, 0.25) is 0 Å². The van der Waals surface area contributed by atoms with Gasteiger partial charge in [0.2, 0.25) is 11.0 Å². The number of carbonyl (C=O) groups excluding carboxylic acids is 1. The van der Waals surface area contributed by atoms with E-state index in [9.17, 15) is 4.79 Å². The zero-order valence-corrected chi connectivity index (χ0v) is 15.4. The lowest BCUT2D eigenvalue weighted by Gasteiger charge is -2.20. The van der Waals surface area contributed by atoms with Crippen LogP contribution in [0.3, 0.4) is 0 Å². The first kappa shape index (κ1) is 17.4. The smallest absolute Gasteiger partial charge is 0.226 e. The Balaban J connectivity index is 1.40. The molecule has 4 nitrogen and oxygen atoms in total. The fourth-order valence-corrected chi connectivity index (χ4v) is 4.68. The van der Waals surface area contributed by atoms with Crippen LogP contribution in [0.5, 0.6) is 0 Å². The van der Waals surface area contributed by atoms with E-state index in [0.717, 1.165) is 23.1 Å². The number of anilines is 1. The van der Waals surface area contributed by atoms with Gasteiger partial charge in [0, 0.05) is 11.3 Å². The standard InChI is InChI=1S/C18H23N3OS2/c22-16(12-11-14-7-3-1-4-8-14)19-18-21-20-17(24-18)13-23-15-9-5-2-6-10-15/h2,5-6,9-10,14H,1,3-4,7-8,11-13H2,(H,19,21,22). The molecule has 1 saturated carbocycles. The van der Waals surface area contributed by atoms with Crippen molar-refractivity contribution in [3.05, 3.63) is 35.3 Å². The number of nitrogens with zero attached hydrogens (tertiary/aromatic N) is 2. The summed E-state index contributed by atoms with van der Waals surface area (Å²) in [4.78, 5) is 13.3. The molecule has 1 aromatic carbocycles. The Labute approximate surface area is 151 Å². The molecule has 0 saturated heterocycles. The van der Waals surface area contributed by atoms with Crippen molar-refractivity contribution in [2.24, 2.45) is 5.92 Å². The van der Waals surface area contributed by atoms with Gasteiger partial charge in [-0.25, -0.2) is 0 Å². The highest BCUT2D eigenvalue weighted by atomic mass is 32.2. The normalized spacial score (nSPS) is 15.3. The van der Waals surface area contributed by atoms with E-state index < -0.39 is 0 Å². The molecule has 0 atom stereocenters. The van der Waals surface area contributed by atoms with Gasteiger partial charge in [-0.3, -0.25) is 4.79 Å². The molecule has 1 amide bonds. The van der Waals surface area contributed by atoms with Crippen molar-refractivity contribution in [3.8, 4) is 0 Å². The second-order valence-electron chi connectivity index (χ2n) is 6.19. The van der Waals surface area contributed by atoms with Gasteiger partial charge in [0.1, 0.15) is 5.01 Å². The van der Waals surface area contributed by atoms with Crippen LogP contribution in [0, 0.1) is 5.92 Å². The van der Waals surface area contributed by atoms with Crippen molar-refractivity contribution in [2.75, 3.05) is 5.32 Å². The van der Waals surface area contributed by atoms with Crippen molar-refractivity contribution < 1.29 is 4.79 Å². The Hall–Kier alpha value is -1.40. The van der Waals surface area contributed by atoms with Crippen molar-refractivity contribution in [1.29, 1.82) is 0 Å². The maximum absolute atomic E-state index is 12.1. The second kappa shape index (κ2) is 9.18. The first-order chi connectivity index (χ1) is 11.8. The molecule has 1 heterocycles. The third kappa shape index (κ3) is 5.60. The second-order valence-corrected chi connectivity index (χ2v) is 8.30.